The molecule has 0 radical (unpaired) electrons. The summed E-state index contributed by atoms with van der Waals surface area (Å²) < 4.78 is 30.1. The Morgan fingerprint density at radius 1 is 1.31 bits per heavy atom. The van der Waals surface area contributed by atoms with Crippen molar-refractivity contribution in [2.75, 3.05) is 6.54 Å². The Labute approximate surface area is 92.4 Å². The monoisotopic (exact) mass is 254 g/mol. The van der Waals surface area contributed by atoms with Gasteiger partial charge in [0.05, 0.1) is 6.04 Å². The van der Waals surface area contributed by atoms with E-state index in [9.17, 15) is 18.0 Å². The minimum absolute atomic E-state index is 0.208. The summed E-state index contributed by atoms with van der Waals surface area (Å²) in [5.74, 6) is -2.13. The second-order valence-electron chi connectivity index (χ2n) is 3.18. The summed E-state index contributed by atoms with van der Waals surface area (Å²) in [6.45, 7) is -0.599. The molecule has 0 saturated carbocycles. The summed E-state index contributed by atoms with van der Waals surface area (Å²) in [4.78, 5) is 21.6. The number of rotatable bonds is 7. The molecule has 8 nitrogen and oxygen atoms in total. The molecule has 0 fully saturated rings. The second kappa shape index (κ2) is 5.89. The van der Waals surface area contributed by atoms with Crippen LogP contribution in [0.1, 0.15) is 12.8 Å². The van der Waals surface area contributed by atoms with Gasteiger partial charge in [-0.1, -0.05) is 0 Å². The molecule has 0 aromatic heterocycles. The average Bonchev–Trinajstić information content (AvgIpc) is 2.12. The third-order valence-electron chi connectivity index (χ3n) is 1.93. The van der Waals surface area contributed by atoms with E-state index in [1.807, 2.05) is 0 Å². The molecule has 0 bridgehead atoms. The van der Waals surface area contributed by atoms with Gasteiger partial charge in [-0.15, -0.1) is 0 Å². The highest BCUT2D eigenvalue weighted by molar-refractivity contribution is 7.87. The van der Waals surface area contributed by atoms with Crippen molar-refractivity contribution in [3.63, 3.8) is 0 Å². The lowest BCUT2D eigenvalue weighted by Crippen LogP contribution is -2.46. The smallest absolute Gasteiger partial charge is 0.303 e. The number of carboxylic acid groups (broad SMARTS) is 1. The van der Waals surface area contributed by atoms with Crippen molar-refractivity contribution >= 4 is 21.9 Å². The lowest BCUT2D eigenvalue weighted by Gasteiger charge is -2.15. The topological polar surface area (TPSA) is 161 Å². The SMILES string of the molecule is NCC(C(=O)C(N)CCC(=O)O)S(=O)(=O)O. The maximum absolute atomic E-state index is 11.4. The molecule has 0 aromatic carbocycles. The Morgan fingerprint density at radius 3 is 2.12 bits per heavy atom. The lowest BCUT2D eigenvalue weighted by molar-refractivity contribution is -0.137. The van der Waals surface area contributed by atoms with Gasteiger partial charge < -0.3 is 16.6 Å². The summed E-state index contributed by atoms with van der Waals surface area (Å²) in [6, 6.07) is -1.27. The van der Waals surface area contributed by atoms with Crippen molar-refractivity contribution in [3.05, 3.63) is 0 Å². The van der Waals surface area contributed by atoms with Gasteiger partial charge in [0.2, 0.25) is 0 Å². The van der Waals surface area contributed by atoms with Crippen molar-refractivity contribution in [2.45, 2.75) is 24.1 Å². The zero-order valence-electron chi connectivity index (χ0n) is 8.37. The Balaban J connectivity index is 4.58. The third-order valence-corrected chi connectivity index (χ3v) is 3.07. The van der Waals surface area contributed by atoms with Crippen LogP contribution in [0.25, 0.3) is 0 Å². The summed E-state index contributed by atoms with van der Waals surface area (Å²) in [6.07, 6.45) is -0.574. The Morgan fingerprint density at radius 2 is 1.81 bits per heavy atom. The number of carboxylic acids is 1. The van der Waals surface area contributed by atoms with E-state index in [2.05, 4.69) is 0 Å². The van der Waals surface area contributed by atoms with Gasteiger partial charge in [-0.25, -0.2) is 0 Å². The Bertz CT molecular complexity index is 365. The highest BCUT2D eigenvalue weighted by Crippen LogP contribution is 2.05. The van der Waals surface area contributed by atoms with Crippen molar-refractivity contribution in [1.82, 2.24) is 0 Å². The quantitative estimate of drug-likeness (QED) is 0.378. The van der Waals surface area contributed by atoms with Crippen LogP contribution in [0.4, 0.5) is 0 Å². The van der Waals surface area contributed by atoms with Gasteiger partial charge in [-0.05, 0) is 6.42 Å². The fourth-order valence-electron chi connectivity index (χ4n) is 1.04. The molecule has 0 saturated heterocycles. The number of hydrogen-bond donors (Lipinski definition) is 4. The van der Waals surface area contributed by atoms with Crippen molar-refractivity contribution in [3.8, 4) is 0 Å². The first-order valence-electron chi connectivity index (χ1n) is 4.37. The Hall–Kier alpha value is -1.03. The molecule has 0 heterocycles. The van der Waals surface area contributed by atoms with Crippen LogP contribution in [0.15, 0.2) is 0 Å². The zero-order chi connectivity index (χ0) is 12.9. The maximum Gasteiger partial charge on any atom is 0.303 e. The van der Waals surface area contributed by atoms with Crippen LogP contribution in [-0.4, -0.2) is 47.7 Å². The molecule has 0 spiro atoms. The molecule has 0 aromatic rings. The molecule has 94 valence electrons. The van der Waals surface area contributed by atoms with E-state index in [0.717, 1.165) is 0 Å². The van der Waals surface area contributed by atoms with E-state index in [4.69, 9.17) is 21.1 Å². The number of nitrogens with two attached hydrogens (primary N) is 2. The molecule has 9 heteroatoms. The fraction of sp³-hybridized carbons (Fsp3) is 0.714. The first kappa shape index (κ1) is 15.0. The highest BCUT2D eigenvalue weighted by Gasteiger charge is 2.33. The van der Waals surface area contributed by atoms with Crippen molar-refractivity contribution < 1.29 is 27.7 Å². The lowest BCUT2D eigenvalue weighted by atomic mass is 10.1. The largest absolute Gasteiger partial charge is 0.481 e. The summed E-state index contributed by atoms with van der Waals surface area (Å²) in [5.41, 5.74) is 10.3. The fourth-order valence-corrected chi connectivity index (χ4v) is 1.76. The summed E-state index contributed by atoms with van der Waals surface area (Å²) >= 11 is 0. The summed E-state index contributed by atoms with van der Waals surface area (Å²) in [5, 5.41) is 6.55. The van der Waals surface area contributed by atoms with E-state index in [-0.39, 0.29) is 12.8 Å². The number of carbonyl (C=O) groups is 2. The van der Waals surface area contributed by atoms with Gasteiger partial charge in [-0.3, -0.25) is 14.1 Å². The highest BCUT2D eigenvalue weighted by atomic mass is 32.2. The molecule has 16 heavy (non-hydrogen) atoms. The molecule has 0 aliphatic carbocycles. The minimum Gasteiger partial charge on any atom is -0.481 e. The van der Waals surface area contributed by atoms with E-state index in [1.54, 1.807) is 0 Å². The van der Waals surface area contributed by atoms with E-state index in [0.29, 0.717) is 0 Å². The molecule has 6 N–H and O–H groups in total. The van der Waals surface area contributed by atoms with Crippen molar-refractivity contribution in [1.29, 1.82) is 0 Å². The van der Waals surface area contributed by atoms with Crippen LogP contribution in [0.5, 0.6) is 0 Å². The predicted octanol–water partition coefficient (Wildman–Crippen LogP) is -2.04. The first-order chi connectivity index (χ1) is 7.20. The van der Waals surface area contributed by atoms with Gasteiger partial charge in [0.15, 0.2) is 11.0 Å². The van der Waals surface area contributed by atoms with Gasteiger partial charge in [0, 0.05) is 13.0 Å². The van der Waals surface area contributed by atoms with Gasteiger partial charge >= 0.3 is 5.97 Å². The van der Waals surface area contributed by atoms with Gasteiger partial charge in [-0.2, -0.15) is 8.42 Å². The molecule has 0 amide bonds. The number of aliphatic carboxylic acids is 1. The zero-order valence-corrected chi connectivity index (χ0v) is 9.18. The molecule has 2 unspecified atom stereocenters. The van der Waals surface area contributed by atoms with Gasteiger partial charge in [0.25, 0.3) is 10.1 Å². The van der Waals surface area contributed by atoms with Crippen LogP contribution in [-0.2, 0) is 19.7 Å². The molecule has 0 aliphatic heterocycles. The van der Waals surface area contributed by atoms with Crippen molar-refractivity contribution in [2.24, 2.45) is 11.5 Å². The first-order valence-corrected chi connectivity index (χ1v) is 5.88. The van der Waals surface area contributed by atoms with Crippen LogP contribution in [0.3, 0.4) is 0 Å². The Kier molecular flexibility index (Phi) is 5.51. The number of hydrogen-bond acceptors (Lipinski definition) is 6. The summed E-state index contributed by atoms with van der Waals surface area (Å²) in [7, 11) is -4.60. The number of ketones is 1. The molecule has 2 atom stereocenters. The van der Waals surface area contributed by atoms with E-state index < -0.39 is 39.7 Å². The van der Waals surface area contributed by atoms with E-state index >= 15 is 0 Å². The van der Waals surface area contributed by atoms with Crippen LogP contribution >= 0.6 is 0 Å². The second-order valence-corrected chi connectivity index (χ2v) is 4.78. The third kappa shape index (κ3) is 4.66. The minimum atomic E-state index is -4.60. The van der Waals surface area contributed by atoms with Crippen LogP contribution < -0.4 is 11.5 Å². The normalized spacial score (nSPS) is 15.4. The predicted molar refractivity (Wildman–Crippen MR) is 54.2 cm³/mol. The molecular formula is C7H14N2O6S. The van der Waals surface area contributed by atoms with Gasteiger partial charge in [0.1, 0.15) is 0 Å². The average molecular weight is 254 g/mol. The number of Topliss-reactive ketones (excluding diaryl/α,β-unsaturated/α-hetero) is 1. The van der Waals surface area contributed by atoms with E-state index in [1.165, 1.54) is 0 Å². The standard InChI is InChI=1S/C7H14N2O6S/c8-3-5(16(13,14)15)7(12)4(9)1-2-6(10)11/h4-5H,1-3,8-9H2,(H,10,11)(H,13,14,15). The molecule has 0 rings (SSSR count). The number of carbonyl (C=O) groups excluding carboxylic acids is 1. The van der Waals surface area contributed by atoms with Crippen LogP contribution in [0, 0.1) is 0 Å². The maximum atomic E-state index is 11.4. The van der Waals surface area contributed by atoms with Crippen LogP contribution in [0.2, 0.25) is 0 Å². The molecule has 0 aliphatic rings. The molecular weight excluding hydrogens is 240 g/mol.